The number of nitrogens with zero attached hydrogens (tertiary/aromatic N) is 2. The summed E-state index contributed by atoms with van der Waals surface area (Å²) in [7, 11) is 2.14. The molecule has 0 spiro atoms. The molecule has 0 amide bonds. The van der Waals surface area contributed by atoms with Gasteiger partial charge in [0, 0.05) is 18.4 Å². The molecule has 2 rings (SSSR count). The van der Waals surface area contributed by atoms with E-state index in [2.05, 4.69) is 53.1 Å². The Morgan fingerprint density at radius 2 is 2.00 bits per heavy atom. The van der Waals surface area contributed by atoms with Crippen molar-refractivity contribution in [1.82, 2.24) is 14.9 Å². The molecule has 3 heteroatoms. The lowest BCUT2D eigenvalue weighted by Crippen LogP contribution is -2.21. The third-order valence-corrected chi connectivity index (χ3v) is 3.20. The zero-order valence-electron chi connectivity index (χ0n) is 11.4. The number of nitrogens with one attached hydrogen (secondary N) is 1. The van der Waals surface area contributed by atoms with E-state index in [1.807, 2.05) is 13.1 Å². The molecule has 0 saturated carbocycles. The quantitative estimate of drug-likeness (QED) is 0.875. The van der Waals surface area contributed by atoms with Crippen LogP contribution in [0, 0.1) is 13.8 Å². The van der Waals surface area contributed by atoms with Gasteiger partial charge in [-0.05, 0) is 38.4 Å². The van der Waals surface area contributed by atoms with Crippen molar-refractivity contribution in [3.05, 3.63) is 53.1 Å². The maximum atomic E-state index is 4.33. The predicted octanol–water partition coefficient (Wildman–Crippen LogP) is 2.70. The fraction of sp³-hybridized carbons (Fsp3) is 0.400. The molecule has 0 atom stereocenters. The first kappa shape index (κ1) is 12.8. The number of aryl methyl sites for hydroxylation is 2. The van der Waals surface area contributed by atoms with Crippen LogP contribution < -0.4 is 0 Å². The summed E-state index contributed by atoms with van der Waals surface area (Å²) in [6, 6.07) is 8.58. The second kappa shape index (κ2) is 5.83. The van der Waals surface area contributed by atoms with Gasteiger partial charge >= 0.3 is 0 Å². The van der Waals surface area contributed by atoms with Crippen LogP contribution in [0.1, 0.15) is 22.6 Å². The van der Waals surface area contributed by atoms with Gasteiger partial charge in [0.25, 0.3) is 0 Å². The van der Waals surface area contributed by atoms with Crippen LogP contribution in [-0.2, 0) is 13.0 Å². The number of aromatic nitrogens is 2. The number of H-pyrrole nitrogens is 1. The van der Waals surface area contributed by atoms with Crippen LogP contribution in [0.25, 0.3) is 0 Å². The van der Waals surface area contributed by atoms with Crippen LogP contribution >= 0.6 is 0 Å². The molecular weight excluding hydrogens is 222 g/mol. The van der Waals surface area contributed by atoms with Gasteiger partial charge in [-0.15, -0.1) is 0 Å². The summed E-state index contributed by atoms with van der Waals surface area (Å²) < 4.78 is 0. The average molecular weight is 243 g/mol. The standard InChI is InChI=1S/C15H21N3/c1-12-6-4-5-7-14(12)8-9-18(3)11-15-16-10-13(2)17-15/h4-7,10H,8-9,11H2,1-3H3,(H,16,17). The predicted molar refractivity (Wildman–Crippen MR) is 74.5 cm³/mol. The van der Waals surface area contributed by atoms with Crippen molar-refractivity contribution >= 4 is 0 Å². The molecule has 0 unspecified atom stereocenters. The zero-order chi connectivity index (χ0) is 13.0. The Morgan fingerprint density at radius 3 is 2.67 bits per heavy atom. The summed E-state index contributed by atoms with van der Waals surface area (Å²) in [6.45, 7) is 6.12. The second-order valence-electron chi connectivity index (χ2n) is 4.93. The van der Waals surface area contributed by atoms with E-state index >= 15 is 0 Å². The number of rotatable bonds is 5. The van der Waals surface area contributed by atoms with E-state index in [0.29, 0.717) is 0 Å². The van der Waals surface area contributed by atoms with Crippen molar-refractivity contribution < 1.29 is 0 Å². The SMILES string of the molecule is Cc1cnc(CN(C)CCc2ccccc2C)[nH]1. The summed E-state index contributed by atoms with van der Waals surface area (Å²) in [6.07, 6.45) is 2.97. The molecule has 0 aliphatic carbocycles. The number of likely N-dealkylation sites (N-methyl/N-ethyl adjacent to an activating group) is 1. The number of hydrogen-bond donors (Lipinski definition) is 1. The molecule has 0 aliphatic rings. The minimum atomic E-state index is 0.875. The molecule has 0 saturated heterocycles. The van der Waals surface area contributed by atoms with Gasteiger partial charge in [-0.25, -0.2) is 4.98 Å². The molecule has 0 aliphatic heterocycles. The van der Waals surface area contributed by atoms with E-state index in [-0.39, 0.29) is 0 Å². The summed E-state index contributed by atoms with van der Waals surface area (Å²) in [5.41, 5.74) is 3.93. The van der Waals surface area contributed by atoms with Crippen LogP contribution in [0.3, 0.4) is 0 Å². The topological polar surface area (TPSA) is 31.9 Å². The Hall–Kier alpha value is -1.61. The van der Waals surface area contributed by atoms with Crippen molar-refractivity contribution in [2.75, 3.05) is 13.6 Å². The monoisotopic (exact) mass is 243 g/mol. The van der Waals surface area contributed by atoms with Gasteiger partial charge in [0.05, 0.1) is 6.54 Å². The number of benzene rings is 1. The van der Waals surface area contributed by atoms with Crippen LogP contribution in [-0.4, -0.2) is 28.5 Å². The highest BCUT2D eigenvalue weighted by molar-refractivity contribution is 5.25. The largest absolute Gasteiger partial charge is 0.345 e. The highest BCUT2D eigenvalue weighted by Crippen LogP contribution is 2.08. The number of hydrogen-bond acceptors (Lipinski definition) is 2. The van der Waals surface area contributed by atoms with E-state index in [1.54, 1.807) is 0 Å². The highest BCUT2D eigenvalue weighted by Gasteiger charge is 2.04. The maximum absolute atomic E-state index is 4.33. The summed E-state index contributed by atoms with van der Waals surface area (Å²) in [5, 5.41) is 0. The molecule has 96 valence electrons. The van der Waals surface area contributed by atoms with E-state index in [4.69, 9.17) is 0 Å². The third-order valence-electron chi connectivity index (χ3n) is 3.20. The second-order valence-corrected chi connectivity index (χ2v) is 4.93. The maximum Gasteiger partial charge on any atom is 0.120 e. The van der Waals surface area contributed by atoms with E-state index < -0.39 is 0 Å². The molecule has 1 N–H and O–H groups in total. The highest BCUT2D eigenvalue weighted by atomic mass is 15.1. The first-order chi connectivity index (χ1) is 8.65. The smallest absolute Gasteiger partial charge is 0.120 e. The average Bonchev–Trinajstić information content (AvgIpc) is 2.74. The van der Waals surface area contributed by atoms with E-state index in [0.717, 1.165) is 31.0 Å². The molecule has 1 aromatic carbocycles. The summed E-state index contributed by atoms with van der Waals surface area (Å²) in [5.74, 6) is 1.04. The Morgan fingerprint density at radius 1 is 1.22 bits per heavy atom. The Labute approximate surface area is 109 Å². The summed E-state index contributed by atoms with van der Waals surface area (Å²) >= 11 is 0. The van der Waals surface area contributed by atoms with Gasteiger partial charge in [-0.1, -0.05) is 24.3 Å². The molecule has 18 heavy (non-hydrogen) atoms. The molecule has 3 nitrogen and oxygen atoms in total. The van der Waals surface area contributed by atoms with Crippen LogP contribution in [0.4, 0.5) is 0 Å². The lowest BCUT2D eigenvalue weighted by atomic mass is 10.1. The van der Waals surface area contributed by atoms with Crippen molar-refractivity contribution in [1.29, 1.82) is 0 Å². The van der Waals surface area contributed by atoms with Gasteiger partial charge in [-0.2, -0.15) is 0 Å². The minimum absolute atomic E-state index is 0.875. The van der Waals surface area contributed by atoms with E-state index in [9.17, 15) is 0 Å². The number of aromatic amines is 1. The first-order valence-electron chi connectivity index (χ1n) is 6.38. The normalized spacial score (nSPS) is 11.1. The van der Waals surface area contributed by atoms with Crippen LogP contribution in [0.2, 0.25) is 0 Å². The Balaban J connectivity index is 1.85. The van der Waals surface area contributed by atoms with E-state index in [1.165, 1.54) is 11.1 Å². The van der Waals surface area contributed by atoms with Crippen molar-refractivity contribution in [3.8, 4) is 0 Å². The van der Waals surface area contributed by atoms with Crippen molar-refractivity contribution in [2.45, 2.75) is 26.8 Å². The van der Waals surface area contributed by atoms with Crippen LogP contribution in [0.5, 0.6) is 0 Å². The molecule has 0 fully saturated rings. The summed E-state index contributed by atoms with van der Waals surface area (Å²) in [4.78, 5) is 9.89. The van der Waals surface area contributed by atoms with Crippen molar-refractivity contribution in [2.24, 2.45) is 0 Å². The molecule has 1 heterocycles. The van der Waals surface area contributed by atoms with Gasteiger partial charge in [-0.3, -0.25) is 4.90 Å². The zero-order valence-corrected chi connectivity index (χ0v) is 11.4. The number of imidazole rings is 1. The Kier molecular flexibility index (Phi) is 4.15. The van der Waals surface area contributed by atoms with Gasteiger partial charge in [0.1, 0.15) is 5.82 Å². The van der Waals surface area contributed by atoms with Crippen molar-refractivity contribution in [3.63, 3.8) is 0 Å². The fourth-order valence-corrected chi connectivity index (χ4v) is 2.08. The molecule has 2 aromatic rings. The third kappa shape index (κ3) is 3.44. The minimum Gasteiger partial charge on any atom is -0.345 e. The Bertz CT molecular complexity index is 502. The van der Waals surface area contributed by atoms with Gasteiger partial charge in [0.2, 0.25) is 0 Å². The molecular formula is C15H21N3. The van der Waals surface area contributed by atoms with Gasteiger partial charge < -0.3 is 4.98 Å². The molecule has 1 aromatic heterocycles. The lowest BCUT2D eigenvalue weighted by molar-refractivity contribution is 0.323. The fourth-order valence-electron chi connectivity index (χ4n) is 2.08. The lowest BCUT2D eigenvalue weighted by Gasteiger charge is -2.15. The van der Waals surface area contributed by atoms with Gasteiger partial charge in [0.15, 0.2) is 0 Å². The molecule has 0 bridgehead atoms. The molecule has 0 radical (unpaired) electrons. The van der Waals surface area contributed by atoms with Crippen LogP contribution in [0.15, 0.2) is 30.5 Å². The first-order valence-corrected chi connectivity index (χ1v) is 6.38.